The van der Waals surface area contributed by atoms with Crippen LogP contribution in [0, 0.1) is 5.92 Å². The van der Waals surface area contributed by atoms with Crippen LogP contribution in [-0.4, -0.2) is 55.7 Å². The number of fused-ring (bicyclic) bond motifs is 1. The molecule has 1 amide bonds. The Morgan fingerprint density at radius 2 is 1.85 bits per heavy atom. The molecule has 2 heterocycles. The number of halogens is 1. The molecular formula is C34H37ClN4O6S. The van der Waals surface area contributed by atoms with Crippen LogP contribution in [0.3, 0.4) is 0 Å². The highest BCUT2D eigenvalue weighted by Crippen LogP contribution is 2.43. The SMILES string of the molecule is CCOC(=O)[C@H]1CCN(C(=O)[C@@H](Nc2ccc3c(N)nccc3c2)c2ccc(Cl)c(OCC)c2)[C@H]1c1ccccc1S(=O)(=O)CC. The average molecular weight is 665 g/mol. The second-order valence-corrected chi connectivity index (χ2v) is 13.6. The number of carbonyl (C=O) groups is 2. The zero-order valence-electron chi connectivity index (χ0n) is 25.9. The van der Waals surface area contributed by atoms with E-state index in [0.717, 1.165) is 10.8 Å². The number of rotatable bonds is 11. The number of esters is 1. The molecule has 0 aliphatic carbocycles. The Morgan fingerprint density at radius 3 is 2.59 bits per heavy atom. The molecule has 0 saturated carbocycles. The van der Waals surface area contributed by atoms with Gasteiger partial charge in [-0.2, -0.15) is 0 Å². The highest BCUT2D eigenvalue weighted by Gasteiger charge is 2.46. The van der Waals surface area contributed by atoms with Crippen LogP contribution in [0.2, 0.25) is 5.02 Å². The van der Waals surface area contributed by atoms with Gasteiger partial charge >= 0.3 is 5.97 Å². The van der Waals surface area contributed by atoms with E-state index in [1.807, 2.05) is 31.2 Å². The summed E-state index contributed by atoms with van der Waals surface area (Å²) in [6.07, 6.45) is 1.92. The lowest BCUT2D eigenvalue weighted by Gasteiger charge is -2.33. The van der Waals surface area contributed by atoms with Crippen molar-refractivity contribution in [2.75, 3.05) is 36.6 Å². The number of pyridine rings is 1. The summed E-state index contributed by atoms with van der Waals surface area (Å²) in [5.41, 5.74) is 7.66. The predicted octanol–water partition coefficient (Wildman–Crippen LogP) is 5.97. The third-order valence-corrected chi connectivity index (χ3v) is 10.3. The zero-order chi connectivity index (χ0) is 33.0. The summed E-state index contributed by atoms with van der Waals surface area (Å²) in [4.78, 5) is 33.9. The van der Waals surface area contributed by atoms with Gasteiger partial charge in [-0.1, -0.05) is 42.8 Å². The van der Waals surface area contributed by atoms with Crippen molar-refractivity contribution in [3.05, 3.63) is 89.1 Å². The number of nitrogens with zero attached hydrogens (tertiary/aromatic N) is 2. The quantitative estimate of drug-likeness (QED) is 0.186. The number of hydrogen-bond acceptors (Lipinski definition) is 9. The van der Waals surface area contributed by atoms with Crippen molar-refractivity contribution in [2.45, 2.75) is 44.2 Å². The highest BCUT2D eigenvalue weighted by molar-refractivity contribution is 7.91. The standard InChI is InChI=1S/C34H37ClN4O6S/c1-4-44-28-20-22(11-14-27(28)35)30(38-23-12-13-24-21(19-23)15-17-37-32(24)36)33(40)39-18-16-26(34(41)45-5-2)31(39)25-9-7-8-10-29(25)46(42,43)6-3/h7-15,17,19-20,26,30-31,38H,4-6,16,18H2,1-3H3,(H2,36,37)/t26-,30-,31-/m0/s1. The van der Waals surface area contributed by atoms with Crippen molar-refractivity contribution in [3.63, 3.8) is 0 Å². The number of benzene rings is 3. The highest BCUT2D eigenvalue weighted by atomic mass is 35.5. The number of anilines is 2. The Kier molecular flexibility index (Phi) is 10.0. The molecule has 3 aromatic carbocycles. The molecule has 46 heavy (non-hydrogen) atoms. The maximum Gasteiger partial charge on any atom is 0.311 e. The van der Waals surface area contributed by atoms with Gasteiger partial charge in [-0.3, -0.25) is 9.59 Å². The second-order valence-electron chi connectivity index (χ2n) is 10.9. The van der Waals surface area contributed by atoms with E-state index in [1.165, 1.54) is 6.07 Å². The summed E-state index contributed by atoms with van der Waals surface area (Å²) in [5.74, 6) is -0.937. The molecule has 1 saturated heterocycles. The number of carbonyl (C=O) groups excluding carboxylic acids is 2. The van der Waals surface area contributed by atoms with Crippen LogP contribution in [0.4, 0.5) is 11.5 Å². The van der Waals surface area contributed by atoms with Gasteiger partial charge in [-0.15, -0.1) is 0 Å². The maximum atomic E-state index is 14.8. The number of amides is 1. The number of likely N-dealkylation sites (tertiary alicyclic amines) is 1. The molecule has 10 nitrogen and oxygen atoms in total. The van der Waals surface area contributed by atoms with Gasteiger partial charge in [0.1, 0.15) is 17.6 Å². The smallest absolute Gasteiger partial charge is 0.311 e. The number of nitrogen functional groups attached to an aromatic ring is 1. The molecule has 242 valence electrons. The van der Waals surface area contributed by atoms with Gasteiger partial charge < -0.3 is 25.4 Å². The Labute approximate surface area is 273 Å². The number of ether oxygens (including phenoxy) is 2. The maximum absolute atomic E-state index is 14.8. The summed E-state index contributed by atoms with van der Waals surface area (Å²) >= 11 is 6.42. The first-order chi connectivity index (χ1) is 22.1. The van der Waals surface area contributed by atoms with E-state index in [1.54, 1.807) is 61.3 Å². The molecule has 12 heteroatoms. The van der Waals surface area contributed by atoms with Crippen molar-refractivity contribution in [1.29, 1.82) is 0 Å². The largest absolute Gasteiger partial charge is 0.492 e. The molecule has 0 radical (unpaired) electrons. The van der Waals surface area contributed by atoms with Crippen LogP contribution >= 0.6 is 11.6 Å². The van der Waals surface area contributed by atoms with Crippen molar-refractivity contribution in [1.82, 2.24) is 9.88 Å². The first kappa shape index (κ1) is 33.0. The van der Waals surface area contributed by atoms with Gasteiger partial charge in [-0.25, -0.2) is 13.4 Å². The van der Waals surface area contributed by atoms with Gasteiger partial charge in [0, 0.05) is 23.8 Å². The summed E-state index contributed by atoms with van der Waals surface area (Å²) in [6.45, 7) is 5.85. The van der Waals surface area contributed by atoms with Crippen LogP contribution in [0.25, 0.3) is 10.8 Å². The van der Waals surface area contributed by atoms with Crippen LogP contribution in [0.5, 0.6) is 5.75 Å². The van der Waals surface area contributed by atoms with E-state index in [9.17, 15) is 18.0 Å². The van der Waals surface area contributed by atoms with Gasteiger partial charge in [0.05, 0.1) is 40.8 Å². The lowest BCUT2D eigenvalue weighted by atomic mass is 9.93. The topological polar surface area (TPSA) is 141 Å². The molecule has 0 unspecified atom stereocenters. The summed E-state index contributed by atoms with van der Waals surface area (Å²) in [7, 11) is -3.69. The van der Waals surface area contributed by atoms with Gasteiger partial charge in [0.25, 0.3) is 0 Å². The van der Waals surface area contributed by atoms with E-state index in [0.29, 0.717) is 46.4 Å². The normalized spacial score (nSPS) is 17.1. The third-order valence-electron chi connectivity index (χ3n) is 8.16. The van der Waals surface area contributed by atoms with Crippen LogP contribution in [0.15, 0.2) is 77.8 Å². The monoisotopic (exact) mass is 664 g/mol. The van der Waals surface area contributed by atoms with Crippen molar-refractivity contribution in [2.24, 2.45) is 5.92 Å². The number of hydrogen-bond donors (Lipinski definition) is 2. The average Bonchev–Trinajstić information content (AvgIpc) is 3.50. The van der Waals surface area contributed by atoms with Crippen LogP contribution < -0.4 is 15.8 Å². The molecule has 1 aliphatic rings. The molecule has 1 aromatic heterocycles. The molecule has 1 aliphatic heterocycles. The minimum atomic E-state index is -3.69. The Bertz CT molecular complexity index is 1870. The molecule has 5 rings (SSSR count). The third kappa shape index (κ3) is 6.61. The van der Waals surface area contributed by atoms with Crippen molar-refractivity contribution in [3.8, 4) is 5.75 Å². The molecule has 3 atom stereocenters. The number of sulfone groups is 1. The molecule has 0 spiro atoms. The second kappa shape index (κ2) is 14.0. The molecule has 4 aromatic rings. The first-order valence-corrected chi connectivity index (χ1v) is 17.2. The van der Waals surface area contributed by atoms with E-state index < -0.39 is 33.8 Å². The van der Waals surface area contributed by atoms with Crippen molar-refractivity contribution < 1.29 is 27.5 Å². The number of nitrogens with one attached hydrogen (secondary N) is 1. The Morgan fingerprint density at radius 1 is 1.07 bits per heavy atom. The fourth-order valence-electron chi connectivity index (χ4n) is 5.96. The Hall–Kier alpha value is -4.35. The molecule has 0 bridgehead atoms. The van der Waals surface area contributed by atoms with Crippen LogP contribution in [0.1, 0.15) is 50.4 Å². The van der Waals surface area contributed by atoms with E-state index in [4.69, 9.17) is 26.8 Å². The predicted molar refractivity (Wildman–Crippen MR) is 179 cm³/mol. The number of aromatic nitrogens is 1. The fourth-order valence-corrected chi connectivity index (χ4v) is 7.28. The molecule has 3 N–H and O–H groups in total. The molecule has 1 fully saturated rings. The minimum absolute atomic E-state index is 0.0897. The minimum Gasteiger partial charge on any atom is -0.492 e. The van der Waals surface area contributed by atoms with Gasteiger partial charge in [-0.05, 0) is 79.2 Å². The number of nitrogens with two attached hydrogens (primary N) is 1. The summed E-state index contributed by atoms with van der Waals surface area (Å²) in [5, 5.41) is 5.38. The summed E-state index contributed by atoms with van der Waals surface area (Å²) < 4.78 is 37.7. The van der Waals surface area contributed by atoms with Gasteiger partial charge in [0.2, 0.25) is 5.91 Å². The van der Waals surface area contributed by atoms with Crippen LogP contribution in [-0.2, 0) is 24.2 Å². The lowest BCUT2D eigenvalue weighted by molar-refractivity contribution is -0.149. The van der Waals surface area contributed by atoms with E-state index in [-0.39, 0.29) is 29.7 Å². The summed E-state index contributed by atoms with van der Waals surface area (Å²) in [6, 6.07) is 17.2. The fraction of sp³-hybridized carbons (Fsp3) is 0.324. The van der Waals surface area contributed by atoms with Crippen molar-refractivity contribution >= 4 is 55.6 Å². The first-order valence-electron chi connectivity index (χ1n) is 15.2. The van der Waals surface area contributed by atoms with E-state index in [2.05, 4.69) is 10.3 Å². The Balaban J connectivity index is 1.63. The molecular weight excluding hydrogens is 628 g/mol. The lowest BCUT2D eigenvalue weighted by Crippen LogP contribution is -2.40. The van der Waals surface area contributed by atoms with E-state index >= 15 is 0 Å². The zero-order valence-corrected chi connectivity index (χ0v) is 27.5. The van der Waals surface area contributed by atoms with Gasteiger partial charge in [0.15, 0.2) is 9.84 Å².